The number of benzene rings is 2. The highest BCUT2D eigenvalue weighted by Gasteiger charge is 2.06. The van der Waals surface area contributed by atoms with Gasteiger partial charge in [0.05, 0.1) is 23.5 Å². The van der Waals surface area contributed by atoms with Gasteiger partial charge in [0, 0.05) is 16.8 Å². The standard InChI is InChI=1S/C16H16ClN3O/c1-2-7-21-16-9-13(5-6-14(16)19)20-15-8-12(17)4-3-11(15)10-18/h3-6,8-9,20H,2,7,19H2,1H3. The van der Waals surface area contributed by atoms with E-state index in [9.17, 15) is 0 Å². The van der Waals surface area contributed by atoms with E-state index in [0.717, 1.165) is 12.1 Å². The van der Waals surface area contributed by atoms with Crippen molar-refractivity contribution >= 4 is 28.7 Å². The number of hydrogen-bond donors (Lipinski definition) is 2. The van der Waals surface area contributed by atoms with E-state index in [1.54, 1.807) is 24.3 Å². The van der Waals surface area contributed by atoms with Crippen molar-refractivity contribution in [2.24, 2.45) is 0 Å². The molecule has 0 aliphatic carbocycles. The van der Waals surface area contributed by atoms with Gasteiger partial charge >= 0.3 is 0 Å². The van der Waals surface area contributed by atoms with E-state index in [1.165, 1.54) is 0 Å². The zero-order valence-corrected chi connectivity index (χ0v) is 12.4. The molecular weight excluding hydrogens is 286 g/mol. The predicted molar refractivity (Wildman–Crippen MR) is 86.1 cm³/mol. The molecule has 0 saturated heterocycles. The molecule has 0 aliphatic rings. The lowest BCUT2D eigenvalue weighted by Gasteiger charge is -2.12. The second-order valence-corrected chi connectivity index (χ2v) is 4.96. The molecule has 2 rings (SSSR count). The summed E-state index contributed by atoms with van der Waals surface area (Å²) >= 11 is 5.97. The van der Waals surface area contributed by atoms with Crippen LogP contribution in [-0.2, 0) is 0 Å². The van der Waals surface area contributed by atoms with Crippen molar-refractivity contribution in [3.8, 4) is 11.8 Å². The molecule has 0 fully saturated rings. The molecule has 21 heavy (non-hydrogen) atoms. The molecule has 0 amide bonds. The second kappa shape index (κ2) is 6.87. The Morgan fingerprint density at radius 1 is 1.29 bits per heavy atom. The lowest BCUT2D eigenvalue weighted by atomic mass is 10.2. The molecule has 0 saturated carbocycles. The summed E-state index contributed by atoms with van der Waals surface area (Å²) in [5.41, 5.74) is 8.42. The summed E-state index contributed by atoms with van der Waals surface area (Å²) in [5.74, 6) is 0.627. The minimum Gasteiger partial charge on any atom is -0.491 e. The first kappa shape index (κ1) is 15.0. The first-order valence-corrected chi connectivity index (χ1v) is 7.01. The van der Waals surface area contributed by atoms with Crippen LogP contribution in [0.15, 0.2) is 36.4 Å². The molecule has 2 aromatic carbocycles. The summed E-state index contributed by atoms with van der Waals surface area (Å²) in [6.07, 6.45) is 0.907. The van der Waals surface area contributed by atoms with Crippen LogP contribution in [0.1, 0.15) is 18.9 Å². The lowest BCUT2D eigenvalue weighted by Crippen LogP contribution is -2.00. The van der Waals surface area contributed by atoms with Gasteiger partial charge in [-0.15, -0.1) is 0 Å². The third kappa shape index (κ3) is 3.80. The number of anilines is 3. The normalized spacial score (nSPS) is 9.95. The second-order valence-electron chi connectivity index (χ2n) is 4.53. The predicted octanol–water partition coefficient (Wildman–Crippen LogP) is 4.33. The highest BCUT2D eigenvalue weighted by molar-refractivity contribution is 6.30. The van der Waals surface area contributed by atoms with Gasteiger partial charge in [-0.1, -0.05) is 18.5 Å². The topological polar surface area (TPSA) is 71.1 Å². The van der Waals surface area contributed by atoms with Crippen LogP contribution in [0.2, 0.25) is 5.02 Å². The molecule has 0 radical (unpaired) electrons. The zero-order chi connectivity index (χ0) is 15.2. The highest BCUT2D eigenvalue weighted by atomic mass is 35.5. The molecule has 3 N–H and O–H groups in total. The molecule has 2 aromatic rings. The zero-order valence-electron chi connectivity index (χ0n) is 11.7. The summed E-state index contributed by atoms with van der Waals surface area (Å²) in [5, 5.41) is 12.9. The van der Waals surface area contributed by atoms with Crippen LogP contribution in [0.25, 0.3) is 0 Å². The minimum absolute atomic E-state index is 0.521. The Morgan fingerprint density at radius 2 is 2.10 bits per heavy atom. The fourth-order valence-electron chi connectivity index (χ4n) is 1.82. The Labute approximate surface area is 129 Å². The largest absolute Gasteiger partial charge is 0.491 e. The fraction of sp³-hybridized carbons (Fsp3) is 0.188. The number of halogens is 1. The Hall–Kier alpha value is -2.38. The number of hydrogen-bond acceptors (Lipinski definition) is 4. The number of nitrogens with two attached hydrogens (primary N) is 1. The maximum absolute atomic E-state index is 9.12. The van der Waals surface area contributed by atoms with Crippen LogP contribution in [0.4, 0.5) is 17.1 Å². The van der Waals surface area contributed by atoms with E-state index >= 15 is 0 Å². The van der Waals surface area contributed by atoms with Gasteiger partial charge in [-0.05, 0) is 36.8 Å². The summed E-state index contributed by atoms with van der Waals surface area (Å²) in [7, 11) is 0. The van der Waals surface area contributed by atoms with Crippen molar-refractivity contribution in [2.75, 3.05) is 17.7 Å². The van der Waals surface area contributed by atoms with Crippen LogP contribution in [-0.4, -0.2) is 6.61 Å². The maximum atomic E-state index is 9.12. The van der Waals surface area contributed by atoms with E-state index in [4.69, 9.17) is 27.3 Å². The maximum Gasteiger partial charge on any atom is 0.144 e. The van der Waals surface area contributed by atoms with Gasteiger partial charge in [-0.25, -0.2) is 0 Å². The van der Waals surface area contributed by atoms with Crippen LogP contribution in [0.3, 0.4) is 0 Å². The van der Waals surface area contributed by atoms with Gasteiger partial charge in [-0.2, -0.15) is 5.26 Å². The van der Waals surface area contributed by atoms with Gasteiger partial charge in [0.15, 0.2) is 0 Å². The summed E-state index contributed by atoms with van der Waals surface area (Å²) < 4.78 is 5.59. The quantitative estimate of drug-likeness (QED) is 0.806. The smallest absolute Gasteiger partial charge is 0.144 e. The molecular formula is C16H16ClN3O. The lowest BCUT2D eigenvalue weighted by molar-refractivity contribution is 0.319. The first-order valence-electron chi connectivity index (χ1n) is 6.63. The van der Waals surface area contributed by atoms with Crippen LogP contribution in [0, 0.1) is 11.3 Å². The van der Waals surface area contributed by atoms with E-state index in [1.807, 2.05) is 19.1 Å². The summed E-state index contributed by atoms with van der Waals surface area (Å²) in [4.78, 5) is 0. The van der Waals surface area contributed by atoms with Crippen LogP contribution in [0.5, 0.6) is 5.75 Å². The summed E-state index contributed by atoms with van der Waals surface area (Å²) in [6, 6.07) is 12.6. The molecule has 0 unspecified atom stereocenters. The fourth-order valence-corrected chi connectivity index (χ4v) is 1.99. The van der Waals surface area contributed by atoms with Gasteiger partial charge in [0.2, 0.25) is 0 Å². The van der Waals surface area contributed by atoms with Crippen molar-refractivity contribution in [2.45, 2.75) is 13.3 Å². The molecule has 0 atom stereocenters. The van der Waals surface area contributed by atoms with E-state index < -0.39 is 0 Å². The third-order valence-electron chi connectivity index (χ3n) is 2.86. The van der Waals surface area contributed by atoms with E-state index in [-0.39, 0.29) is 0 Å². The molecule has 108 valence electrons. The molecule has 0 aliphatic heterocycles. The van der Waals surface area contributed by atoms with Crippen LogP contribution < -0.4 is 15.8 Å². The highest BCUT2D eigenvalue weighted by Crippen LogP contribution is 2.29. The van der Waals surface area contributed by atoms with Crippen molar-refractivity contribution in [1.82, 2.24) is 0 Å². The minimum atomic E-state index is 0.521. The Bertz CT molecular complexity index is 680. The molecule has 0 aromatic heterocycles. The Morgan fingerprint density at radius 3 is 2.81 bits per heavy atom. The third-order valence-corrected chi connectivity index (χ3v) is 3.09. The van der Waals surface area contributed by atoms with Gasteiger partial charge in [-0.3, -0.25) is 0 Å². The number of nitriles is 1. The monoisotopic (exact) mass is 301 g/mol. The number of nitrogens with one attached hydrogen (secondary N) is 1. The van der Waals surface area contributed by atoms with Crippen LogP contribution >= 0.6 is 11.6 Å². The van der Waals surface area contributed by atoms with Gasteiger partial charge in [0.1, 0.15) is 11.8 Å². The average molecular weight is 302 g/mol. The van der Waals surface area contributed by atoms with Gasteiger partial charge in [0.25, 0.3) is 0 Å². The van der Waals surface area contributed by atoms with Crippen molar-refractivity contribution in [1.29, 1.82) is 5.26 Å². The number of nitrogens with zero attached hydrogens (tertiary/aromatic N) is 1. The molecule has 0 heterocycles. The van der Waals surface area contributed by atoms with Gasteiger partial charge < -0.3 is 15.8 Å². The Kier molecular flexibility index (Phi) is 4.91. The van der Waals surface area contributed by atoms with Crippen molar-refractivity contribution < 1.29 is 4.74 Å². The van der Waals surface area contributed by atoms with Crippen molar-refractivity contribution in [3.63, 3.8) is 0 Å². The summed E-state index contributed by atoms with van der Waals surface area (Å²) in [6.45, 7) is 2.64. The number of rotatable bonds is 5. The SMILES string of the molecule is CCCOc1cc(Nc2cc(Cl)ccc2C#N)ccc1N. The molecule has 0 spiro atoms. The van der Waals surface area contributed by atoms with Crippen molar-refractivity contribution in [3.05, 3.63) is 47.0 Å². The molecule has 0 bridgehead atoms. The van der Waals surface area contributed by atoms with E-state index in [2.05, 4.69) is 11.4 Å². The molecule has 4 nitrogen and oxygen atoms in total. The Balaban J connectivity index is 2.28. The number of nitrogen functional groups attached to an aromatic ring is 1. The van der Waals surface area contributed by atoms with E-state index in [0.29, 0.717) is 34.3 Å². The molecule has 5 heteroatoms. The average Bonchev–Trinajstić information content (AvgIpc) is 2.48. The number of ether oxygens (including phenoxy) is 1. The first-order chi connectivity index (χ1) is 10.1.